The first-order valence-electron chi connectivity index (χ1n) is 7.22. The summed E-state index contributed by atoms with van der Waals surface area (Å²) in [6.45, 7) is 2.02. The van der Waals surface area contributed by atoms with Crippen LogP contribution in [0.25, 0.3) is 18.0 Å². The average Bonchev–Trinajstić information content (AvgIpc) is 3.25. The zero-order valence-electron chi connectivity index (χ0n) is 11.9. The lowest BCUT2D eigenvalue weighted by molar-refractivity contribution is 0.627. The molecule has 3 rings (SSSR count). The summed E-state index contributed by atoms with van der Waals surface area (Å²) in [5.74, 6) is -0.319. The molecule has 1 heterocycles. The van der Waals surface area contributed by atoms with Crippen molar-refractivity contribution in [3.05, 3.63) is 51.0 Å². The molecular weight excluding hydrogens is 269 g/mol. The van der Waals surface area contributed by atoms with Gasteiger partial charge in [0.25, 0.3) is 5.56 Å². The molecule has 1 aliphatic carbocycles. The third kappa shape index (κ3) is 2.91. The topological polar surface area (TPSA) is 49.8 Å². The molecule has 5 heteroatoms. The Hall–Kier alpha value is -2.30. The Morgan fingerprint density at radius 2 is 2.10 bits per heavy atom. The van der Waals surface area contributed by atoms with Crippen LogP contribution in [0.15, 0.2) is 29.1 Å². The van der Waals surface area contributed by atoms with Gasteiger partial charge in [-0.3, -0.25) is 9.89 Å². The van der Waals surface area contributed by atoms with Crippen molar-refractivity contribution >= 4 is 12.3 Å². The van der Waals surface area contributed by atoms with Gasteiger partial charge in [-0.25, -0.2) is 9.07 Å². The van der Waals surface area contributed by atoms with Crippen molar-refractivity contribution in [2.24, 2.45) is 0 Å². The van der Waals surface area contributed by atoms with Gasteiger partial charge in [0.05, 0.1) is 16.3 Å². The largest absolute Gasteiger partial charge is 0.387 e. The predicted octanol–water partition coefficient (Wildman–Crippen LogP) is 0.985. The van der Waals surface area contributed by atoms with Crippen LogP contribution in [-0.2, 0) is 0 Å². The lowest BCUT2D eigenvalue weighted by atomic mass is 10.3. The molecular formula is C16H18FN3O. The van der Waals surface area contributed by atoms with Crippen LogP contribution in [-0.4, -0.2) is 15.8 Å². The van der Waals surface area contributed by atoms with Crippen molar-refractivity contribution in [3.63, 3.8) is 0 Å². The minimum atomic E-state index is -0.319. The summed E-state index contributed by atoms with van der Waals surface area (Å²) in [7, 11) is 0. The third-order valence-electron chi connectivity index (χ3n) is 3.49. The second-order valence-electron chi connectivity index (χ2n) is 5.25. The summed E-state index contributed by atoms with van der Waals surface area (Å²) in [5.41, 5.74) is 0.493. The normalized spacial score (nSPS) is 16.5. The zero-order valence-corrected chi connectivity index (χ0v) is 11.9. The molecule has 0 bridgehead atoms. The number of rotatable bonds is 4. The van der Waals surface area contributed by atoms with Crippen LogP contribution in [0.4, 0.5) is 4.39 Å². The molecule has 2 aromatic rings. The predicted molar refractivity (Wildman–Crippen MR) is 81.0 cm³/mol. The molecule has 1 aromatic carbocycles. The third-order valence-corrected chi connectivity index (χ3v) is 3.49. The highest BCUT2D eigenvalue weighted by molar-refractivity contribution is 5.34. The molecule has 0 aliphatic heterocycles. The van der Waals surface area contributed by atoms with Gasteiger partial charge in [0.15, 0.2) is 0 Å². The molecule has 0 amide bonds. The molecule has 0 spiro atoms. The summed E-state index contributed by atoms with van der Waals surface area (Å²) in [4.78, 5) is 12.5. The van der Waals surface area contributed by atoms with Crippen molar-refractivity contribution in [2.75, 3.05) is 0 Å². The van der Waals surface area contributed by atoms with Crippen LogP contribution in [0.5, 0.6) is 0 Å². The number of aromatic nitrogens is 2. The first kappa shape index (κ1) is 13.7. The van der Waals surface area contributed by atoms with Crippen LogP contribution in [0.3, 0.4) is 0 Å². The maximum atomic E-state index is 13.0. The van der Waals surface area contributed by atoms with Crippen molar-refractivity contribution in [1.29, 1.82) is 0 Å². The lowest BCUT2D eigenvalue weighted by Gasteiger charge is -2.00. The minimum Gasteiger partial charge on any atom is -0.387 e. The number of H-pyrrole nitrogens is 1. The van der Waals surface area contributed by atoms with Gasteiger partial charge in [0, 0.05) is 12.2 Å². The van der Waals surface area contributed by atoms with E-state index in [0.717, 1.165) is 24.6 Å². The van der Waals surface area contributed by atoms with Gasteiger partial charge < -0.3 is 5.32 Å². The van der Waals surface area contributed by atoms with Crippen molar-refractivity contribution in [2.45, 2.75) is 32.2 Å². The molecule has 0 unspecified atom stereocenters. The standard InChI is InChI=1S/C16H18FN3O/c1-2-3-15-14(10-18-12-6-7-12)16(21)20(19-15)13-8-4-11(17)5-9-13/h3-5,8-10,12,18-19H,2,6-7H2,1H3. The summed E-state index contributed by atoms with van der Waals surface area (Å²) in [6.07, 6.45) is 6.90. The molecule has 110 valence electrons. The zero-order chi connectivity index (χ0) is 14.8. The summed E-state index contributed by atoms with van der Waals surface area (Å²) < 4.78 is 14.5. The molecule has 1 fully saturated rings. The second kappa shape index (κ2) is 5.60. The van der Waals surface area contributed by atoms with E-state index in [1.54, 1.807) is 18.3 Å². The van der Waals surface area contributed by atoms with Crippen LogP contribution < -0.4 is 21.4 Å². The lowest BCUT2D eigenvalue weighted by Crippen LogP contribution is -2.37. The monoisotopic (exact) mass is 287 g/mol. The van der Waals surface area contributed by atoms with E-state index >= 15 is 0 Å². The van der Waals surface area contributed by atoms with E-state index in [4.69, 9.17) is 0 Å². The van der Waals surface area contributed by atoms with Crippen molar-refractivity contribution in [3.8, 4) is 5.69 Å². The Bertz CT molecular complexity index is 798. The summed E-state index contributed by atoms with van der Waals surface area (Å²) in [6, 6.07) is 6.35. The van der Waals surface area contributed by atoms with Gasteiger partial charge >= 0.3 is 0 Å². The highest BCUT2D eigenvalue weighted by Gasteiger charge is 2.19. The minimum absolute atomic E-state index is 0.130. The van der Waals surface area contributed by atoms with Crippen LogP contribution >= 0.6 is 0 Å². The van der Waals surface area contributed by atoms with E-state index < -0.39 is 0 Å². The Morgan fingerprint density at radius 1 is 1.38 bits per heavy atom. The van der Waals surface area contributed by atoms with Crippen LogP contribution in [0.1, 0.15) is 26.2 Å². The first-order chi connectivity index (χ1) is 10.2. The molecule has 0 radical (unpaired) electrons. The van der Waals surface area contributed by atoms with E-state index in [9.17, 15) is 9.18 Å². The molecule has 1 aliphatic rings. The van der Waals surface area contributed by atoms with Crippen LogP contribution in [0, 0.1) is 5.82 Å². The fraction of sp³-hybridized carbons (Fsp3) is 0.312. The van der Waals surface area contributed by atoms with Crippen molar-refractivity contribution < 1.29 is 4.39 Å². The highest BCUT2D eigenvalue weighted by atomic mass is 19.1. The van der Waals surface area contributed by atoms with Gasteiger partial charge in [-0.2, -0.15) is 0 Å². The van der Waals surface area contributed by atoms with E-state index in [0.29, 0.717) is 16.9 Å². The van der Waals surface area contributed by atoms with Gasteiger partial charge in [-0.05, 0) is 43.5 Å². The van der Waals surface area contributed by atoms with Gasteiger partial charge in [-0.15, -0.1) is 0 Å². The highest BCUT2D eigenvalue weighted by Crippen LogP contribution is 2.18. The summed E-state index contributed by atoms with van der Waals surface area (Å²) in [5, 5.41) is 7.74. The number of nitrogens with one attached hydrogen (secondary N) is 2. The Balaban J connectivity index is 2.12. The Kier molecular flexibility index (Phi) is 3.64. The maximum Gasteiger partial charge on any atom is 0.280 e. The number of hydrogen-bond acceptors (Lipinski definition) is 2. The van der Waals surface area contributed by atoms with Crippen LogP contribution in [0.2, 0.25) is 0 Å². The number of benzene rings is 1. The quantitative estimate of drug-likeness (QED) is 0.881. The molecule has 0 atom stereocenters. The SMILES string of the molecule is CCC=c1[nH]n(-c2ccc(F)cc2)c(=O)c1=CNC1CC1. The smallest absolute Gasteiger partial charge is 0.280 e. The van der Waals surface area contributed by atoms with Gasteiger partial charge in [-0.1, -0.05) is 13.0 Å². The van der Waals surface area contributed by atoms with Gasteiger partial charge in [0.1, 0.15) is 5.82 Å². The Morgan fingerprint density at radius 3 is 2.71 bits per heavy atom. The first-order valence-corrected chi connectivity index (χ1v) is 7.22. The van der Waals surface area contributed by atoms with Gasteiger partial charge in [0.2, 0.25) is 0 Å². The number of aromatic amines is 1. The second-order valence-corrected chi connectivity index (χ2v) is 5.25. The van der Waals surface area contributed by atoms with E-state index in [-0.39, 0.29) is 11.4 Å². The average molecular weight is 287 g/mol. The van der Waals surface area contributed by atoms with E-state index in [1.807, 2.05) is 13.0 Å². The number of hydrogen-bond donors (Lipinski definition) is 2. The molecule has 1 aromatic heterocycles. The van der Waals surface area contributed by atoms with Crippen molar-refractivity contribution in [1.82, 2.24) is 15.1 Å². The van der Waals surface area contributed by atoms with E-state index in [1.165, 1.54) is 16.8 Å². The fourth-order valence-electron chi connectivity index (χ4n) is 2.19. The number of nitrogens with zero attached hydrogens (tertiary/aromatic N) is 1. The Labute approximate surface area is 121 Å². The summed E-state index contributed by atoms with van der Waals surface area (Å²) >= 11 is 0. The molecule has 21 heavy (non-hydrogen) atoms. The molecule has 1 saturated carbocycles. The molecule has 2 N–H and O–H groups in total. The molecule has 4 nitrogen and oxygen atoms in total. The van der Waals surface area contributed by atoms with E-state index in [2.05, 4.69) is 10.4 Å². The maximum absolute atomic E-state index is 13.0. The molecule has 0 saturated heterocycles. The fourth-order valence-corrected chi connectivity index (χ4v) is 2.19. The number of halogens is 1.